The predicted octanol–water partition coefficient (Wildman–Crippen LogP) is 7.76. The molecular formula is C30H18N2. The van der Waals surface area contributed by atoms with E-state index >= 15 is 0 Å². The molecule has 2 nitrogen and oxygen atoms in total. The molecule has 0 saturated carbocycles. The first-order chi connectivity index (χ1) is 15.9. The molecule has 0 amide bonds. The largest absolute Gasteiger partial charge is 0.243 e. The molecule has 0 bridgehead atoms. The van der Waals surface area contributed by atoms with Crippen LogP contribution in [0, 0.1) is 0 Å². The molecule has 0 fully saturated rings. The first kappa shape index (κ1) is 17.4. The monoisotopic (exact) mass is 406 g/mol. The van der Waals surface area contributed by atoms with Gasteiger partial charge in [-0.2, -0.15) is 0 Å². The highest BCUT2D eigenvalue weighted by Crippen LogP contribution is 2.47. The Morgan fingerprint density at radius 1 is 0.375 bits per heavy atom. The molecule has 2 heteroatoms. The molecule has 0 radical (unpaired) electrons. The summed E-state index contributed by atoms with van der Waals surface area (Å²) in [5.41, 5.74) is 10.7. The molecule has 0 atom stereocenters. The summed E-state index contributed by atoms with van der Waals surface area (Å²) in [6.07, 6.45) is 0. The molecule has 0 N–H and O–H groups in total. The molecule has 6 aromatic rings. The Morgan fingerprint density at radius 3 is 1.31 bits per heavy atom. The number of aromatic nitrogens is 2. The number of rotatable bonds is 2. The Balaban J connectivity index is 1.62. The van der Waals surface area contributed by atoms with Crippen molar-refractivity contribution >= 4 is 21.8 Å². The molecule has 32 heavy (non-hydrogen) atoms. The van der Waals surface area contributed by atoms with Gasteiger partial charge in [-0.05, 0) is 16.5 Å². The molecule has 1 aliphatic rings. The van der Waals surface area contributed by atoms with E-state index in [2.05, 4.69) is 97.1 Å². The van der Waals surface area contributed by atoms with Gasteiger partial charge in [0.15, 0.2) is 0 Å². The molecular weight excluding hydrogens is 388 g/mol. The van der Waals surface area contributed by atoms with E-state index in [0.29, 0.717) is 0 Å². The molecule has 5 aromatic carbocycles. The first-order valence-corrected chi connectivity index (χ1v) is 10.9. The van der Waals surface area contributed by atoms with Gasteiger partial charge in [0.25, 0.3) is 0 Å². The van der Waals surface area contributed by atoms with Crippen LogP contribution in [0.2, 0.25) is 0 Å². The Bertz CT molecular complexity index is 1530. The highest BCUT2D eigenvalue weighted by atomic mass is 14.8. The van der Waals surface area contributed by atoms with Crippen LogP contribution < -0.4 is 0 Å². The van der Waals surface area contributed by atoms with Gasteiger partial charge in [0.1, 0.15) is 0 Å². The van der Waals surface area contributed by atoms with Gasteiger partial charge in [-0.15, -0.1) is 0 Å². The third-order valence-electron chi connectivity index (χ3n) is 6.41. The topological polar surface area (TPSA) is 25.8 Å². The van der Waals surface area contributed by atoms with Gasteiger partial charge in [-0.25, -0.2) is 9.97 Å². The van der Waals surface area contributed by atoms with E-state index in [1.165, 1.54) is 21.9 Å². The predicted molar refractivity (Wildman–Crippen MR) is 132 cm³/mol. The number of nitrogens with zero attached hydrogens (tertiary/aromatic N) is 2. The Kier molecular flexibility index (Phi) is 3.58. The summed E-state index contributed by atoms with van der Waals surface area (Å²) >= 11 is 0. The Hall–Kier alpha value is -4.30. The summed E-state index contributed by atoms with van der Waals surface area (Å²) in [4.78, 5) is 10.6. The van der Waals surface area contributed by atoms with E-state index in [1.807, 2.05) is 12.1 Å². The SMILES string of the molecule is c1ccc(-c2ccc(-c3ccccc3)c3nc4c(nc23)-c2cccc3cccc-4c23)cc1. The molecule has 0 unspecified atom stereocenters. The highest BCUT2D eigenvalue weighted by Gasteiger charge is 2.26. The Morgan fingerprint density at radius 2 is 0.844 bits per heavy atom. The van der Waals surface area contributed by atoms with E-state index in [9.17, 15) is 0 Å². The summed E-state index contributed by atoms with van der Waals surface area (Å²) in [6, 6.07) is 38.2. The lowest BCUT2D eigenvalue weighted by Gasteiger charge is -2.13. The fourth-order valence-electron chi connectivity index (χ4n) is 4.95. The smallest absolute Gasteiger partial charge is 0.0980 e. The highest BCUT2D eigenvalue weighted by molar-refractivity contribution is 6.15. The number of fused-ring (bicyclic) bond motifs is 4. The van der Waals surface area contributed by atoms with Crippen LogP contribution in [-0.4, -0.2) is 9.97 Å². The molecule has 1 aromatic heterocycles. The maximum atomic E-state index is 5.30. The number of benzene rings is 5. The fourth-order valence-corrected chi connectivity index (χ4v) is 4.95. The van der Waals surface area contributed by atoms with Crippen LogP contribution in [0.25, 0.3) is 66.6 Å². The molecule has 7 rings (SSSR count). The molecule has 1 aliphatic carbocycles. The van der Waals surface area contributed by atoms with Crippen molar-refractivity contribution in [3.8, 4) is 44.8 Å². The van der Waals surface area contributed by atoms with Gasteiger partial charge >= 0.3 is 0 Å². The summed E-state index contributed by atoms with van der Waals surface area (Å²) in [5.74, 6) is 0. The van der Waals surface area contributed by atoms with E-state index < -0.39 is 0 Å². The number of hydrogen-bond donors (Lipinski definition) is 0. The van der Waals surface area contributed by atoms with Gasteiger partial charge in [-0.1, -0.05) is 109 Å². The second-order valence-electron chi connectivity index (χ2n) is 8.22. The zero-order valence-electron chi connectivity index (χ0n) is 17.3. The van der Waals surface area contributed by atoms with Crippen LogP contribution in [0.5, 0.6) is 0 Å². The lowest BCUT2D eigenvalue weighted by Crippen LogP contribution is -1.95. The number of hydrogen-bond acceptors (Lipinski definition) is 2. The molecule has 0 saturated heterocycles. The molecule has 148 valence electrons. The quantitative estimate of drug-likeness (QED) is 0.293. The van der Waals surface area contributed by atoms with Crippen molar-refractivity contribution in [2.45, 2.75) is 0 Å². The van der Waals surface area contributed by atoms with E-state index in [1.54, 1.807) is 0 Å². The lowest BCUT2D eigenvalue weighted by atomic mass is 9.97. The summed E-state index contributed by atoms with van der Waals surface area (Å²) in [7, 11) is 0. The van der Waals surface area contributed by atoms with Gasteiger partial charge in [0.2, 0.25) is 0 Å². The minimum absolute atomic E-state index is 0.945. The third-order valence-corrected chi connectivity index (χ3v) is 6.41. The summed E-state index contributed by atoms with van der Waals surface area (Å²) in [6.45, 7) is 0. The van der Waals surface area contributed by atoms with Gasteiger partial charge in [-0.3, -0.25) is 0 Å². The van der Waals surface area contributed by atoms with Crippen LogP contribution in [0.1, 0.15) is 0 Å². The van der Waals surface area contributed by atoms with E-state index in [0.717, 1.165) is 44.7 Å². The van der Waals surface area contributed by atoms with E-state index in [-0.39, 0.29) is 0 Å². The van der Waals surface area contributed by atoms with Crippen LogP contribution in [0.3, 0.4) is 0 Å². The zero-order chi connectivity index (χ0) is 21.1. The standard InChI is InChI=1S/C30H18N2/c1-3-9-19(10-4-1)22-17-18-23(20-11-5-2-6-12-20)28-27(22)31-29-24-15-7-13-21-14-8-16-25(26(21)24)30(29)32-28/h1-18H. The second kappa shape index (κ2) is 6.60. The van der Waals surface area contributed by atoms with Crippen LogP contribution in [0.4, 0.5) is 0 Å². The second-order valence-corrected chi connectivity index (χ2v) is 8.22. The molecule has 0 spiro atoms. The normalized spacial score (nSPS) is 11.8. The average molecular weight is 406 g/mol. The van der Waals surface area contributed by atoms with Gasteiger partial charge in [0, 0.05) is 27.6 Å². The van der Waals surface area contributed by atoms with Crippen molar-refractivity contribution < 1.29 is 0 Å². The third kappa shape index (κ3) is 2.41. The minimum atomic E-state index is 0.945. The van der Waals surface area contributed by atoms with E-state index in [4.69, 9.17) is 9.97 Å². The average Bonchev–Trinajstić information content (AvgIpc) is 3.18. The Labute approximate surface area is 185 Å². The summed E-state index contributed by atoms with van der Waals surface area (Å²) < 4.78 is 0. The van der Waals surface area contributed by atoms with Crippen molar-refractivity contribution in [3.05, 3.63) is 109 Å². The van der Waals surface area contributed by atoms with Crippen LogP contribution in [-0.2, 0) is 0 Å². The minimum Gasteiger partial charge on any atom is -0.243 e. The van der Waals surface area contributed by atoms with Gasteiger partial charge < -0.3 is 0 Å². The van der Waals surface area contributed by atoms with Crippen LogP contribution in [0.15, 0.2) is 109 Å². The van der Waals surface area contributed by atoms with Gasteiger partial charge in [0.05, 0.1) is 22.4 Å². The zero-order valence-corrected chi connectivity index (χ0v) is 17.3. The summed E-state index contributed by atoms with van der Waals surface area (Å²) in [5, 5.41) is 2.48. The van der Waals surface area contributed by atoms with Crippen molar-refractivity contribution in [1.82, 2.24) is 9.97 Å². The fraction of sp³-hybridized carbons (Fsp3) is 0. The van der Waals surface area contributed by atoms with Crippen molar-refractivity contribution in [1.29, 1.82) is 0 Å². The lowest BCUT2D eigenvalue weighted by molar-refractivity contribution is 1.32. The molecule has 1 heterocycles. The maximum Gasteiger partial charge on any atom is 0.0980 e. The van der Waals surface area contributed by atoms with Crippen molar-refractivity contribution in [2.75, 3.05) is 0 Å². The van der Waals surface area contributed by atoms with Crippen LogP contribution >= 0.6 is 0 Å². The maximum absolute atomic E-state index is 5.30. The first-order valence-electron chi connectivity index (χ1n) is 10.9. The van der Waals surface area contributed by atoms with Crippen molar-refractivity contribution in [3.63, 3.8) is 0 Å². The molecule has 0 aliphatic heterocycles. The van der Waals surface area contributed by atoms with Crippen molar-refractivity contribution in [2.24, 2.45) is 0 Å².